The molecule has 0 spiro atoms. The zero-order chi connectivity index (χ0) is 13.6. The van der Waals surface area contributed by atoms with E-state index in [9.17, 15) is 4.79 Å². The van der Waals surface area contributed by atoms with E-state index in [1.165, 1.54) is 17.7 Å². The molecular formula is C15H23ClOS. The average Bonchev–Trinajstić information content (AvgIpc) is 2.66. The molecule has 1 aliphatic carbocycles. The third-order valence-corrected chi connectivity index (χ3v) is 5.52. The van der Waals surface area contributed by atoms with Crippen LogP contribution in [0.4, 0.5) is 0 Å². The number of hydrogen-bond acceptors (Lipinski definition) is 2. The summed E-state index contributed by atoms with van der Waals surface area (Å²) in [6.07, 6.45) is 4.01. The molecule has 2 rings (SSSR count). The first-order valence-corrected chi connectivity index (χ1v) is 8.21. The van der Waals surface area contributed by atoms with Gasteiger partial charge in [-0.05, 0) is 49.9 Å². The van der Waals surface area contributed by atoms with Crippen LogP contribution in [0.1, 0.15) is 53.4 Å². The molecule has 0 aromatic heterocycles. The maximum Gasteiger partial charge on any atom is 0.160 e. The summed E-state index contributed by atoms with van der Waals surface area (Å²) in [7, 11) is 0. The summed E-state index contributed by atoms with van der Waals surface area (Å²) in [5.41, 5.74) is 2.33. The van der Waals surface area contributed by atoms with E-state index in [0.717, 1.165) is 18.4 Å². The Morgan fingerprint density at radius 3 is 2.50 bits per heavy atom. The lowest BCUT2D eigenvalue weighted by molar-refractivity contribution is -0.118. The highest BCUT2D eigenvalue weighted by molar-refractivity contribution is 8.00. The highest BCUT2D eigenvalue weighted by Gasteiger charge is 2.41. The molecule has 1 heterocycles. The summed E-state index contributed by atoms with van der Waals surface area (Å²) in [4.78, 5) is 12.1. The summed E-state index contributed by atoms with van der Waals surface area (Å²) < 4.78 is 0. The SMILES string of the molecule is CC1(C)CC(=O)C(C2CCCS2)=C(C(C)(C)Cl)C1. The van der Waals surface area contributed by atoms with Gasteiger partial charge in [0.15, 0.2) is 5.78 Å². The van der Waals surface area contributed by atoms with Crippen LogP contribution in [0.2, 0.25) is 0 Å². The summed E-state index contributed by atoms with van der Waals surface area (Å²) >= 11 is 8.49. The van der Waals surface area contributed by atoms with Crippen molar-refractivity contribution in [3.8, 4) is 0 Å². The van der Waals surface area contributed by atoms with Crippen molar-refractivity contribution in [2.24, 2.45) is 5.41 Å². The summed E-state index contributed by atoms with van der Waals surface area (Å²) in [6.45, 7) is 8.40. The van der Waals surface area contributed by atoms with Crippen molar-refractivity contribution < 1.29 is 4.79 Å². The van der Waals surface area contributed by atoms with Gasteiger partial charge in [0.25, 0.3) is 0 Å². The fourth-order valence-electron chi connectivity index (χ4n) is 3.04. The molecule has 2 aliphatic rings. The van der Waals surface area contributed by atoms with Gasteiger partial charge in [0.1, 0.15) is 0 Å². The maximum absolute atomic E-state index is 12.5. The van der Waals surface area contributed by atoms with Crippen molar-refractivity contribution in [2.45, 2.75) is 63.5 Å². The van der Waals surface area contributed by atoms with Gasteiger partial charge in [-0.3, -0.25) is 4.79 Å². The number of allylic oxidation sites excluding steroid dienone is 1. The van der Waals surface area contributed by atoms with E-state index < -0.39 is 4.87 Å². The number of hydrogen-bond donors (Lipinski definition) is 0. The van der Waals surface area contributed by atoms with Gasteiger partial charge in [-0.1, -0.05) is 13.8 Å². The number of thioether (sulfide) groups is 1. The van der Waals surface area contributed by atoms with Crippen LogP contribution in [0.15, 0.2) is 11.1 Å². The van der Waals surface area contributed by atoms with E-state index in [1.807, 2.05) is 25.6 Å². The minimum absolute atomic E-state index is 0.0609. The predicted octanol–water partition coefficient (Wildman–Crippen LogP) is 4.59. The lowest BCUT2D eigenvalue weighted by Gasteiger charge is -2.38. The second kappa shape index (κ2) is 4.86. The Hall–Kier alpha value is 0.0500. The highest BCUT2D eigenvalue weighted by atomic mass is 35.5. The molecule has 18 heavy (non-hydrogen) atoms. The van der Waals surface area contributed by atoms with E-state index in [4.69, 9.17) is 11.6 Å². The Kier molecular flexibility index (Phi) is 3.91. The topological polar surface area (TPSA) is 17.1 Å². The number of halogens is 1. The molecule has 0 saturated carbocycles. The van der Waals surface area contributed by atoms with Crippen LogP contribution in [0.5, 0.6) is 0 Å². The Morgan fingerprint density at radius 1 is 1.33 bits per heavy atom. The van der Waals surface area contributed by atoms with Gasteiger partial charge in [-0.25, -0.2) is 0 Å². The van der Waals surface area contributed by atoms with Gasteiger partial charge in [-0.15, -0.1) is 11.6 Å². The van der Waals surface area contributed by atoms with Crippen LogP contribution in [0.25, 0.3) is 0 Å². The first-order valence-electron chi connectivity index (χ1n) is 6.78. The average molecular weight is 287 g/mol. The molecule has 1 saturated heterocycles. The van der Waals surface area contributed by atoms with Crippen molar-refractivity contribution in [1.82, 2.24) is 0 Å². The molecule has 1 nitrogen and oxygen atoms in total. The molecule has 0 aromatic rings. The quantitative estimate of drug-likeness (QED) is 0.691. The van der Waals surface area contributed by atoms with Crippen molar-refractivity contribution in [3.05, 3.63) is 11.1 Å². The molecule has 0 N–H and O–H groups in total. The maximum atomic E-state index is 12.5. The fourth-order valence-corrected chi connectivity index (χ4v) is 4.60. The predicted molar refractivity (Wildman–Crippen MR) is 80.5 cm³/mol. The number of Topliss-reactive ketones (excluding diaryl/α,β-unsaturated/α-hetero) is 1. The molecule has 1 fully saturated rings. The lowest BCUT2D eigenvalue weighted by Crippen LogP contribution is -2.34. The Balaban J connectivity index is 2.45. The highest BCUT2D eigenvalue weighted by Crippen LogP contribution is 2.47. The molecule has 1 atom stereocenters. The Morgan fingerprint density at radius 2 is 2.00 bits per heavy atom. The smallest absolute Gasteiger partial charge is 0.160 e. The second-order valence-electron chi connectivity index (χ2n) is 6.81. The van der Waals surface area contributed by atoms with Gasteiger partial charge < -0.3 is 0 Å². The largest absolute Gasteiger partial charge is 0.294 e. The third-order valence-electron chi connectivity index (χ3n) is 3.89. The number of carbonyl (C=O) groups is 1. The Labute approximate surface area is 120 Å². The Bertz CT molecular complexity index is 384. The van der Waals surface area contributed by atoms with Crippen LogP contribution in [0, 0.1) is 5.41 Å². The van der Waals surface area contributed by atoms with Gasteiger partial charge in [0.05, 0.1) is 4.87 Å². The van der Waals surface area contributed by atoms with Crippen molar-refractivity contribution in [2.75, 3.05) is 5.75 Å². The zero-order valence-electron chi connectivity index (χ0n) is 11.8. The molecule has 0 bridgehead atoms. The van der Waals surface area contributed by atoms with E-state index in [1.54, 1.807) is 0 Å². The van der Waals surface area contributed by atoms with Gasteiger partial charge >= 0.3 is 0 Å². The van der Waals surface area contributed by atoms with Gasteiger partial charge in [0.2, 0.25) is 0 Å². The van der Waals surface area contributed by atoms with E-state index in [2.05, 4.69) is 13.8 Å². The number of rotatable bonds is 2. The van der Waals surface area contributed by atoms with E-state index in [-0.39, 0.29) is 5.41 Å². The van der Waals surface area contributed by atoms with Crippen molar-refractivity contribution in [1.29, 1.82) is 0 Å². The van der Waals surface area contributed by atoms with Gasteiger partial charge in [0, 0.05) is 17.2 Å². The van der Waals surface area contributed by atoms with E-state index >= 15 is 0 Å². The number of alkyl halides is 1. The van der Waals surface area contributed by atoms with Crippen LogP contribution in [0.3, 0.4) is 0 Å². The normalized spacial score (nSPS) is 28.9. The van der Waals surface area contributed by atoms with Crippen molar-refractivity contribution in [3.63, 3.8) is 0 Å². The zero-order valence-corrected chi connectivity index (χ0v) is 13.4. The summed E-state index contributed by atoms with van der Waals surface area (Å²) in [6, 6.07) is 0. The van der Waals surface area contributed by atoms with Gasteiger partial charge in [-0.2, -0.15) is 11.8 Å². The molecule has 1 unspecified atom stereocenters. The molecule has 0 amide bonds. The molecule has 0 radical (unpaired) electrons. The summed E-state index contributed by atoms with van der Waals surface area (Å²) in [5, 5.41) is 0.404. The summed E-state index contributed by atoms with van der Waals surface area (Å²) in [5.74, 6) is 1.52. The van der Waals surface area contributed by atoms with Crippen molar-refractivity contribution >= 4 is 29.1 Å². The molecule has 0 aromatic carbocycles. The molecule has 3 heteroatoms. The monoisotopic (exact) mass is 286 g/mol. The minimum atomic E-state index is -0.397. The molecular weight excluding hydrogens is 264 g/mol. The molecule has 1 aliphatic heterocycles. The first-order chi connectivity index (χ1) is 8.21. The minimum Gasteiger partial charge on any atom is -0.294 e. The third kappa shape index (κ3) is 2.96. The lowest BCUT2D eigenvalue weighted by atomic mass is 9.70. The number of carbonyl (C=O) groups excluding carboxylic acids is 1. The first kappa shape index (κ1) is 14.5. The molecule has 102 valence electrons. The van der Waals surface area contributed by atoms with Crippen LogP contribution in [-0.4, -0.2) is 21.7 Å². The number of ketones is 1. The standard InChI is InChI=1S/C15H23ClOS/c1-14(2)8-10(15(3,4)16)13(11(17)9-14)12-6-5-7-18-12/h12H,5-9H2,1-4H3. The van der Waals surface area contributed by atoms with Crippen LogP contribution in [-0.2, 0) is 4.79 Å². The van der Waals surface area contributed by atoms with E-state index in [0.29, 0.717) is 17.5 Å². The fraction of sp³-hybridized carbons (Fsp3) is 0.800. The second-order valence-corrected chi connectivity index (χ2v) is 9.06. The van der Waals surface area contributed by atoms with Crippen LogP contribution >= 0.6 is 23.4 Å². The van der Waals surface area contributed by atoms with Crippen LogP contribution < -0.4 is 0 Å².